The molecule has 7 heteroatoms. The average molecular weight is 315 g/mol. The van der Waals surface area contributed by atoms with E-state index in [0.717, 1.165) is 25.9 Å². The SMILES string of the molecule is Cc1c([N+](=O)[O-])cnc(NC2CCNCC2)c1Br. The van der Waals surface area contributed by atoms with Gasteiger partial charge < -0.3 is 10.6 Å². The Morgan fingerprint density at radius 2 is 2.22 bits per heavy atom. The van der Waals surface area contributed by atoms with Gasteiger partial charge in [-0.15, -0.1) is 0 Å². The van der Waals surface area contributed by atoms with E-state index in [1.165, 1.54) is 6.20 Å². The van der Waals surface area contributed by atoms with E-state index in [9.17, 15) is 10.1 Å². The largest absolute Gasteiger partial charge is 0.366 e. The van der Waals surface area contributed by atoms with Gasteiger partial charge in [0.15, 0.2) is 0 Å². The zero-order valence-corrected chi connectivity index (χ0v) is 11.7. The summed E-state index contributed by atoms with van der Waals surface area (Å²) in [6.07, 6.45) is 3.37. The maximum atomic E-state index is 10.8. The van der Waals surface area contributed by atoms with E-state index in [2.05, 4.69) is 31.5 Å². The van der Waals surface area contributed by atoms with Crippen molar-refractivity contribution in [2.24, 2.45) is 0 Å². The van der Waals surface area contributed by atoms with Crippen LogP contribution < -0.4 is 10.6 Å². The van der Waals surface area contributed by atoms with Crippen LogP contribution >= 0.6 is 15.9 Å². The van der Waals surface area contributed by atoms with Gasteiger partial charge >= 0.3 is 0 Å². The lowest BCUT2D eigenvalue weighted by Crippen LogP contribution is -2.35. The summed E-state index contributed by atoms with van der Waals surface area (Å²) < 4.78 is 0.676. The van der Waals surface area contributed by atoms with Crippen molar-refractivity contribution in [3.05, 3.63) is 26.3 Å². The normalized spacial score (nSPS) is 16.6. The molecule has 2 N–H and O–H groups in total. The second-order valence-corrected chi connectivity index (χ2v) is 5.15. The van der Waals surface area contributed by atoms with Crippen molar-refractivity contribution in [1.29, 1.82) is 0 Å². The predicted molar refractivity (Wildman–Crippen MR) is 72.8 cm³/mol. The van der Waals surface area contributed by atoms with Crippen LogP contribution in [-0.4, -0.2) is 29.0 Å². The standard InChI is InChI=1S/C11H15BrN4O2/c1-7-9(16(17)18)6-14-11(10(7)12)15-8-2-4-13-5-3-8/h6,8,13H,2-5H2,1H3,(H,14,15). The lowest BCUT2D eigenvalue weighted by atomic mass is 10.1. The Bertz CT molecular complexity index is 461. The molecule has 0 unspecified atom stereocenters. The Labute approximate surface area is 113 Å². The Morgan fingerprint density at radius 3 is 2.83 bits per heavy atom. The van der Waals surface area contributed by atoms with Crippen LogP contribution in [0.25, 0.3) is 0 Å². The van der Waals surface area contributed by atoms with E-state index in [0.29, 0.717) is 21.9 Å². The summed E-state index contributed by atoms with van der Waals surface area (Å²) in [5, 5.41) is 17.4. The predicted octanol–water partition coefficient (Wildman–Crippen LogP) is 2.22. The molecule has 0 atom stereocenters. The molecule has 2 rings (SSSR count). The van der Waals surface area contributed by atoms with Crippen LogP contribution in [-0.2, 0) is 0 Å². The molecule has 1 fully saturated rings. The van der Waals surface area contributed by atoms with E-state index in [4.69, 9.17) is 0 Å². The van der Waals surface area contributed by atoms with Gasteiger partial charge in [-0.1, -0.05) is 0 Å². The Kier molecular flexibility index (Phi) is 4.13. The summed E-state index contributed by atoms with van der Waals surface area (Å²) in [7, 11) is 0. The summed E-state index contributed by atoms with van der Waals surface area (Å²) in [6, 6.07) is 0.371. The van der Waals surface area contributed by atoms with Gasteiger partial charge in [0.1, 0.15) is 12.0 Å². The van der Waals surface area contributed by atoms with Crippen molar-refractivity contribution < 1.29 is 4.92 Å². The average Bonchev–Trinajstić information content (AvgIpc) is 2.36. The van der Waals surface area contributed by atoms with E-state index in [-0.39, 0.29) is 5.69 Å². The first-order valence-corrected chi connectivity index (χ1v) is 6.65. The van der Waals surface area contributed by atoms with Gasteiger partial charge in [-0.25, -0.2) is 4.98 Å². The highest BCUT2D eigenvalue weighted by molar-refractivity contribution is 9.10. The molecule has 1 aromatic heterocycles. The molecule has 0 aromatic carbocycles. The van der Waals surface area contributed by atoms with Crippen molar-refractivity contribution >= 4 is 27.4 Å². The van der Waals surface area contributed by atoms with Crippen molar-refractivity contribution in [1.82, 2.24) is 10.3 Å². The molecule has 98 valence electrons. The number of anilines is 1. The van der Waals surface area contributed by atoms with Crippen LogP contribution in [0.3, 0.4) is 0 Å². The number of hydrogen-bond donors (Lipinski definition) is 2. The van der Waals surface area contributed by atoms with Crippen LogP contribution in [0.5, 0.6) is 0 Å². The number of piperidine rings is 1. The summed E-state index contributed by atoms with van der Waals surface area (Å²) >= 11 is 3.38. The summed E-state index contributed by atoms with van der Waals surface area (Å²) in [5.74, 6) is 0.685. The van der Waals surface area contributed by atoms with Crippen molar-refractivity contribution in [2.75, 3.05) is 18.4 Å². The Balaban J connectivity index is 2.18. The zero-order valence-electron chi connectivity index (χ0n) is 10.1. The van der Waals surface area contributed by atoms with Gasteiger partial charge in [-0.05, 0) is 48.8 Å². The molecule has 6 nitrogen and oxygen atoms in total. The Hall–Kier alpha value is -1.21. The third-order valence-electron chi connectivity index (χ3n) is 3.11. The fraction of sp³-hybridized carbons (Fsp3) is 0.545. The highest BCUT2D eigenvalue weighted by Crippen LogP contribution is 2.31. The maximum Gasteiger partial charge on any atom is 0.291 e. The van der Waals surface area contributed by atoms with Crippen LogP contribution in [0.2, 0.25) is 0 Å². The molecule has 1 aliphatic rings. The summed E-state index contributed by atoms with van der Waals surface area (Å²) in [4.78, 5) is 14.5. The maximum absolute atomic E-state index is 10.8. The van der Waals surface area contributed by atoms with E-state index in [1.807, 2.05) is 0 Å². The monoisotopic (exact) mass is 314 g/mol. The second kappa shape index (κ2) is 5.62. The minimum atomic E-state index is -0.415. The van der Waals surface area contributed by atoms with Crippen molar-refractivity contribution in [2.45, 2.75) is 25.8 Å². The van der Waals surface area contributed by atoms with Gasteiger partial charge in [0.05, 0.1) is 9.40 Å². The summed E-state index contributed by atoms with van der Waals surface area (Å²) in [5.41, 5.74) is 0.643. The number of hydrogen-bond acceptors (Lipinski definition) is 5. The number of nitro groups is 1. The van der Waals surface area contributed by atoms with E-state index in [1.54, 1.807) is 6.92 Å². The molecule has 1 aromatic rings. The topological polar surface area (TPSA) is 80.1 Å². The quantitative estimate of drug-likeness (QED) is 0.660. The molecule has 1 aliphatic heterocycles. The van der Waals surface area contributed by atoms with Crippen LogP contribution in [0, 0.1) is 17.0 Å². The lowest BCUT2D eigenvalue weighted by Gasteiger charge is -2.24. The number of nitrogens with zero attached hydrogens (tertiary/aromatic N) is 2. The Morgan fingerprint density at radius 1 is 1.56 bits per heavy atom. The van der Waals surface area contributed by atoms with Crippen molar-refractivity contribution in [3.8, 4) is 0 Å². The molecule has 1 saturated heterocycles. The van der Waals surface area contributed by atoms with Gasteiger partial charge in [0.2, 0.25) is 0 Å². The van der Waals surface area contributed by atoms with E-state index < -0.39 is 4.92 Å². The molecule has 0 saturated carbocycles. The van der Waals surface area contributed by atoms with Crippen LogP contribution in [0.15, 0.2) is 10.7 Å². The second-order valence-electron chi connectivity index (χ2n) is 4.36. The first-order chi connectivity index (χ1) is 8.59. The molecule has 0 radical (unpaired) electrons. The van der Waals surface area contributed by atoms with E-state index >= 15 is 0 Å². The highest BCUT2D eigenvalue weighted by Gasteiger charge is 2.19. The zero-order chi connectivity index (χ0) is 13.1. The number of halogens is 1. The van der Waals surface area contributed by atoms with Gasteiger partial charge in [-0.2, -0.15) is 0 Å². The van der Waals surface area contributed by atoms with Crippen LogP contribution in [0.1, 0.15) is 18.4 Å². The molecular formula is C11H15BrN4O2. The molecule has 0 bridgehead atoms. The van der Waals surface area contributed by atoms with Crippen molar-refractivity contribution in [3.63, 3.8) is 0 Å². The van der Waals surface area contributed by atoms with Gasteiger partial charge in [0.25, 0.3) is 5.69 Å². The third-order valence-corrected chi connectivity index (χ3v) is 4.08. The molecule has 0 aliphatic carbocycles. The molecular weight excluding hydrogens is 300 g/mol. The minimum absolute atomic E-state index is 0.0396. The first-order valence-electron chi connectivity index (χ1n) is 5.86. The van der Waals surface area contributed by atoms with Crippen LogP contribution in [0.4, 0.5) is 11.5 Å². The fourth-order valence-electron chi connectivity index (χ4n) is 2.01. The fourth-order valence-corrected chi connectivity index (χ4v) is 2.43. The third kappa shape index (κ3) is 2.78. The first kappa shape index (κ1) is 13.2. The number of aromatic nitrogens is 1. The van der Waals surface area contributed by atoms with Gasteiger partial charge in [0, 0.05) is 11.6 Å². The minimum Gasteiger partial charge on any atom is -0.366 e. The summed E-state index contributed by atoms with van der Waals surface area (Å²) in [6.45, 7) is 3.69. The lowest BCUT2D eigenvalue weighted by molar-refractivity contribution is -0.385. The molecule has 18 heavy (non-hydrogen) atoms. The number of rotatable bonds is 3. The molecule has 2 heterocycles. The smallest absolute Gasteiger partial charge is 0.291 e. The number of nitrogens with one attached hydrogen (secondary N) is 2. The highest BCUT2D eigenvalue weighted by atomic mass is 79.9. The number of pyridine rings is 1. The molecule has 0 amide bonds. The molecule has 0 spiro atoms. The van der Waals surface area contributed by atoms with Gasteiger partial charge in [-0.3, -0.25) is 10.1 Å².